The van der Waals surface area contributed by atoms with Crippen LogP contribution in [0.15, 0.2) is 63.8 Å². The minimum Gasteiger partial charge on any atom is -0.420 e. The molecule has 3 heteroatoms. The quantitative estimate of drug-likeness (QED) is 0.608. The zero-order valence-corrected chi connectivity index (χ0v) is 9.39. The molecule has 0 spiro atoms. The van der Waals surface area contributed by atoms with Crippen LogP contribution in [0.25, 0.3) is 22.1 Å². The summed E-state index contributed by atoms with van der Waals surface area (Å²) in [4.78, 5) is 11.5. The molecule has 0 bridgehead atoms. The fourth-order valence-corrected chi connectivity index (χ4v) is 2.01. The van der Waals surface area contributed by atoms with E-state index in [0.717, 1.165) is 5.56 Å². The number of fused-ring (bicyclic) bond motifs is 1. The molecule has 0 aliphatic heterocycles. The van der Waals surface area contributed by atoms with Crippen LogP contribution in [-0.2, 0) is 0 Å². The second kappa shape index (κ2) is 4.11. The fourth-order valence-electron chi connectivity index (χ4n) is 2.01. The first-order valence-corrected chi connectivity index (χ1v) is 5.53. The Hall–Kier alpha value is -2.42. The lowest BCUT2D eigenvalue weighted by Crippen LogP contribution is -1.99. The minimum absolute atomic E-state index is 0.00357. The SMILES string of the molecule is O=c1cc(-c2ccccc2)c2cccc(F)c2o1. The molecule has 3 aromatic rings. The molecule has 18 heavy (non-hydrogen) atoms. The summed E-state index contributed by atoms with van der Waals surface area (Å²) in [5.41, 5.74) is 0.998. The Morgan fingerprint density at radius 2 is 1.72 bits per heavy atom. The highest BCUT2D eigenvalue weighted by atomic mass is 19.1. The first-order chi connectivity index (χ1) is 8.75. The van der Waals surface area contributed by atoms with E-state index in [2.05, 4.69) is 0 Å². The van der Waals surface area contributed by atoms with Crippen LogP contribution in [0.2, 0.25) is 0 Å². The number of hydrogen-bond donors (Lipinski definition) is 0. The molecule has 0 amide bonds. The normalized spacial score (nSPS) is 10.7. The van der Waals surface area contributed by atoms with Gasteiger partial charge in [-0.25, -0.2) is 9.18 Å². The molecule has 0 aliphatic carbocycles. The second-order valence-corrected chi connectivity index (χ2v) is 3.96. The van der Waals surface area contributed by atoms with E-state index in [0.29, 0.717) is 10.9 Å². The zero-order chi connectivity index (χ0) is 12.5. The summed E-state index contributed by atoms with van der Waals surface area (Å²) < 4.78 is 18.6. The topological polar surface area (TPSA) is 30.2 Å². The molecule has 2 nitrogen and oxygen atoms in total. The fraction of sp³-hybridized carbons (Fsp3) is 0. The molecule has 0 fully saturated rings. The Labute approximate surface area is 102 Å². The summed E-state index contributed by atoms with van der Waals surface area (Å²) in [5, 5.41) is 0.598. The van der Waals surface area contributed by atoms with E-state index in [1.807, 2.05) is 30.3 Å². The van der Waals surface area contributed by atoms with Crippen molar-refractivity contribution in [3.63, 3.8) is 0 Å². The van der Waals surface area contributed by atoms with Crippen molar-refractivity contribution in [3.8, 4) is 11.1 Å². The van der Waals surface area contributed by atoms with Gasteiger partial charge in [0.1, 0.15) is 0 Å². The molecule has 0 radical (unpaired) electrons. The third-order valence-electron chi connectivity index (χ3n) is 2.81. The maximum atomic E-state index is 13.6. The average molecular weight is 240 g/mol. The van der Waals surface area contributed by atoms with Crippen LogP contribution in [-0.4, -0.2) is 0 Å². The number of halogens is 1. The van der Waals surface area contributed by atoms with Crippen molar-refractivity contribution in [2.75, 3.05) is 0 Å². The molecule has 3 rings (SSSR count). The first kappa shape index (κ1) is 10.7. The smallest absolute Gasteiger partial charge is 0.336 e. The summed E-state index contributed by atoms with van der Waals surface area (Å²) in [6, 6.07) is 15.4. The maximum Gasteiger partial charge on any atom is 0.336 e. The minimum atomic E-state index is -0.550. The predicted molar refractivity (Wildman–Crippen MR) is 67.9 cm³/mol. The monoisotopic (exact) mass is 240 g/mol. The van der Waals surface area contributed by atoms with E-state index in [1.165, 1.54) is 12.1 Å². The molecule has 1 heterocycles. The third kappa shape index (κ3) is 1.70. The molecule has 1 aromatic heterocycles. The van der Waals surface area contributed by atoms with E-state index in [-0.39, 0.29) is 5.58 Å². The zero-order valence-electron chi connectivity index (χ0n) is 9.39. The summed E-state index contributed by atoms with van der Waals surface area (Å²) in [6.07, 6.45) is 0. The van der Waals surface area contributed by atoms with Crippen LogP contribution in [0.1, 0.15) is 0 Å². The van der Waals surface area contributed by atoms with Crippen molar-refractivity contribution >= 4 is 11.0 Å². The molecule has 0 saturated carbocycles. The lowest BCUT2D eigenvalue weighted by molar-refractivity contribution is 0.524. The van der Waals surface area contributed by atoms with Gasteiger partial charge in [0.05, 0.1) is 0 Å². The van der Waals surface area contributed by atoms with Crippen molar-refractivity contribution < 1.29 is 8.81 Å². The van der Waals surface area contributed by atoms with Gasteiger partial charge < -0.3 is 4.42 Å². The van der Waals surface area contributed by atoms with Crippen LogP contribution in [0.4, 0.5) is 4.39 Å². The van der Waals surface area contributed by atoms with Crippen LogP contribution in [0, 0.1) is 5.82 Å². The summed E-state index contributed by atoms with van der Waals surface area (Å²) in [7, 11) is 0. The van der Waals surface area contributed by atoms with Crippen molar-refractivity contribution in [1.29, 1.82) is 0 Å². The van der Waals surface area contributed by atoms with Gasteiger partial charge in [0.25, 0.3) is 0 Å². The molecule has 2 aromatic carbocycles. The van der Waals surface area contributed by atoms with Crippen LogP contribution in [0.5, 0.6) is 0 Å². The molecular formula is C15H9FO2. The van der Waals surface area contributed by atoms with Gasteiger partial charge in [0, 0.05) is 11.5 Å². The Morgan fingerprint density at radius 3 is 2.50 bits per heavy atom. The van der Waals surface area contributed by atoms with Gasteiger partial charge in [-0.2, -0.15) is 0 Å². The Balaban J connectivity index is 2.43. The molecular weight excluding hydrogens is 231 g/mol. The number of para-hydroxylation sites is 1. The van der Waals surface area contributed by atoms with Crippen molar-refractivity contribution in [1.82, 2.24) is 0 Å². The van der Waals surface area contributed by atoms with Gasteiger partial charge in [-0.15, -0.1) is 0 Å². The van der Waals surface area contributed by atoms with E-state index in [9.17, 15) is 9.18 Å². The van der Waals surface area contributed by atoms with E-state index >= 15 is 0 Å². The number of rotatable bonds is 1. The molecule has 0 atom stereocenters. The predicted octanol–water partition coefficient (Wildman–Crippen LogP) is 3.60. The Morgan fingerprint density at radius 1 is 0.944 bits per heavy atom. The van der Waals surface area contributed by atoms with E-state index in [4.69, 9.17) is 4.42 Å². The van der Waals surface area contributed by atoms with Gasteiger partial charge in [-0.3, -0.25) is 0 Å². The van der Waals surface area contributed by atoms with Gasteiger partial charge >= 0.3 is 5.63 Å². The molecule has 0 saturated heterocycles. The molecule has 0 unspecified atom stereocenters. The van der Waals surface area contributed by atoms with Crippen molar-refractivity contribution in [2.45, 2.75) is 0 Å². The second-order valence-electron chi connectivity index (χ2n) is 3.96. The van der Waals surface area contributed by atoms with Gasteiger partial charge in [-0.1, -0.05) is 42.5 Å². The van der Waals surface area contributed by atoms with Crippen molar-refractivity contribution in [2.24, 2.45) is 0 Å². The summed E-state index contributed by atoms with van der Waals surface area (Å²) in [6.45, 7) is 0. The summed E-state index contributed by atoms with van der Waals surface area (Å²) >= 11 is 0. The number of hydrogen-bond acceptors (Lipinski definition) is 2. The lowest BCUT2D eigenvalue weighted by atomic mass is 10.0. The van der Waals surface area contributed by atoms with Gasteiger partial charge in [0.2, 0.25) is 0 Å². The Kier molecular flexibility index (Phi) is 2.45. The molecule has 0 N–H and O–H groups in total. The Bertz CT molecular complexity index is 760. The van der Waals surface area contributed by atoms with Crippen molar-refractivity contribution in [3.05, 3.63) is 70.8 Å². The largest absolute Gasteiger partial charge is 0.420 e. The van der Waals surface area contributed by atoms with Crippen LogP contribution < -0.4 is 5.63 Å². The van der Waals surface area contributed by atoms with Gasteiger partial charge in [0.15, 0.2) is 11.4 Å². The standard InChI is InChI=1S/C15H9FO2/c16-13-8-4-7-11-12(9-14(17)18-15(11)13)10-5-2-1-3-6-10/h1-9H. The van der Waals surface area contributed by atoms with Gasteiger partial charge in [-0.05, 0) is 17.2 Å². The van der Waals surface area contributed by atoms with Crippen LogP contribution >= 0.6 is 0 Å². The maximum absolute atomic E-state index is 13.6. The van der Waals surface area contributed by atoms with E-state index < -0.39 is 11.4 Å². The van der Waals surface area contributed by atoms with Crippen LogP contribution in [0.3, 0.4) is 0 Å². The molecule has 88 valence electrons. The highest BCUT2D eigenvalue weighted by Gasteiger charge is 2.10. The highest BCUT2D eigenvalue weighted by molar-refractivity contribution is 5.93. The number of benzene rings is 2. The summed E-state index contributed by atoms with van der Waals surface area (Å²) in [5.74, 6) is -0.526. The van der Waals surface area contributed by atoms with E-state index in [1.54, 1.807) is 12.1 Å². The molecule has 0 aliphatic rings. The first-order valence-electron chi connectivity index (χ1n) is 5.53. The lowest BCUT2D eigenvalue weighted by Gasteiger charge is -2.05. The third-order valence-corrected chi connectivity index (χ3v) is 2.81. The highest BCUT2D eigenvalue weighted by Crippen LogP contribution is 2.28. The average Bonchev–Trinajstić information content (AvgIpc) is 2.40.